The van der Waals surface area contributed by atoms with Crippen LogP contribution in [0.15, 0.2) is 18.3 Å². The molecule has 1 heterocycles. The summed E-state index contributed by atoms with van der Waals surface area (Å²) in [6.45, 7) is 1.88. The fourth-order valence-electron chi connectivity index (χ4n) is 1.54. The highest BCUT2D eigenvalue weighted by Crippen LogP contribution is 2.24. The van der Waals surface area contributed by atoms with Gasteiger partial charge in [-0.15, -0.1) is 0 Å². The number of rotatable bonds is 5. The Kier molecular flexibility index (Phi) is 4.42. The van der Waals surface area contributed by atoms with E-state index in [-0.39, 0.29) is 5.69 Å². The number of thiol groups is 1. The number of aromatic nitrogens is 1. The molecule has 88 valence electrons. The van der Waals surface area contributed by atoms with Crippen LogP contribution in [-0.2, 0) is 10.7 Å². The van der Waals surface area contributed by atoms with Crippen LogP contribution >= 0.6 is 0 Å². The standard InChI is InChI=1S/C10H14N2O3S/c1-2-4-8(16(14)15)7-5-3-6-12-9(7)10(11)13/h3,5-6,8,16H,2,4H2,1H3,(H2,11,13). The summed E-state index contributed by atoms with van der Waals surface area (Å²) in [6.07, 6.45) is 2.59. The Morgan fingerprint density at radius 2 is 2.25 bits per heavy atom. The van der Waals surface area contributed by atoms with Gasteiger partial charge in [0.2, 0.25) is 0 Å². The number of carbonyl (C=O) groups is 1. The normalized spacial score (nSPS) is 12.6. The van der Waals surface area contributed by atoms with E-state index < -0.39 is 21.9 Å². The quantitative estimate of drug-likeness (QED) is 0.741. The molecule has 0 spiro atoms. The van der Waals surface area contributed by atoms with E-state index in [2.05, 4.69) is 4.98 Å². The highest BCUT2D eigenvalue weighted by Gasteiger charge is 2.20. The summed E-state index contributed by atoms with van der Waals surface area (Å²) in [5.41, 5.74) is 5.59. The van der Waals surface area contributed by atoms with Crippen LogP contribution in [0.25, 0.3) is 0 Å². The van der Waals surface area contributed by atoms with Crippen molar-refractivity contribution in [3.63, 3.8) is 0 Å². The van der Waals surface area contributed by atoms with Crippen LogP contribution in [0.3, 0.4) is 0 Å². The molecule has 1 amide bonds. The van der Waals surface area contributed by atoms with Crippen molar-refractivity contribution in [2.75, 3.05) is 0 Å². The van der Waals surface area contributed by atoms with Gasteiger partial charge in [-0.05, 0) is 12.5 Å². The van der Waals surface area contributed by atoms with Crippen LogP contribution in [0.4, 0.5) is 0 Å². The second kappa shape index (κ2) is 5.60. The van der Waals surface area contributed by atoms with Crippen molar-refractivity contribution in [3.05, 3.63) is 29.6 Å². The topological polar surface area (TPSA) is 90.1 Å². The molecule has 5 nitrogen and oxygen atoms in total. The Bertz CT molecular complexity index is 449. The Labute approximate surface area is 95.6 Å². The second-order valence-corrected chi connectivity index (χ2v) is 4.59. The zero-order valence-electron chi connectivity index (χ0n) is 8.92. The molecule has 1 unspecified atom stereocenters. The number of pyridine rings is 1. The van der Waals surface area contributed by atoms with Gasteiger partial charge in [0.25, 0.3) is 5.91 Å². The molecule has 16 heavy (non-hydrogen) atoms. The molecule has 0 radical (unpaired) electrons. The summed E-state index contributed by atoms with van der Waals surface area (Å²) < 4.78 is 22.2. The van der Waals surface area contributed by atoms with Crippen LogP contribution in [0.2, 0.25) is 0 Å². The molecule has 1 rings (SSSR count). The van der Waals surface area contributed by atoms with Crippen molar-refractivity contribution in [3.8, 4) is 0 Å². The summed E-state index contributed by atoms with van der Waals surface area (Å²) in [4.78, 5) is 14.9. The third-order valence-electron chi connectivity index (χ3n) is 2.25. The van der Waals surface area contributed by atoms with Crippen molar-refractivity contribution in [2.24, 2.45) is 5.73 Å². The lowest BCUT2D eigenvalue weighted by Crippen LogP contribution is -2.18. The molecule has 0 fully saturated rings. The summed E-state index contributed by atoms with van der Waals surface area (Å²) in [5, 5.41) is -0.684. The summed E-state index contributed by atoms with van der Waals surface area (Å²) in [7, 11) is -2.63. The van der Waals surface area contributed by atoms with Crippen LogP contribution < -0.4 is 5.73 Å². The molecule has 2 N–H and O–H groups in total. The fourth-order valence-corrected chi connectivity index (χ4v) is 2.44. The third-order valence-corrected chi connectivity index (χ3v) is 3.29. The van der Waals surface area contributed by atoms with Crippen molar-refractivity contribution in [1.29, 1.82) is 0 Å². The van der Waals surface area contributed by atoms with Gasteiger partial charge in [-0.3, -0.25) is 9.78 Å². The minimum atomic E-state index is -2.63. The maximum absolute atomic E-state index is 11.1. The third kappa shape index (κ3) is 2.79. The minimum absolute atomic E-state index is 0.0418. The number of nitrogens with two attached hydrogens (primary N) is 1. The van der Waals surface area contributed by atoms with Gasteiger partial charge in [0.05, 0.1) is 5.25 Å². The lowest BCUT2D eigenvalue weighted by atomic mass is 10.1. The highest BCUT2D eigenvalue weighted by atomic mass is 32.2. The summed E-state index contributed by atoms with van der Waals surface area (Å²) in [6, 6.07) is 3.18. The average molecular weight is 242 g/mol. The van der Waals surface area contributed by atoms with Gasteiger partial charge in [0, 0.05) is 11.8 Å². The van der Waals surface area contributed by atoms with E-state index >= 15 is 0 Å². The molecule has 1 aromatic heterocycles. The van der Waals surface area contributed by atoms with E-state index in [0.717, 1.165) is 0 Å². The van der Waals surface area contributed by atoms with E-state index in [9.17, 15) is 13.2 Å². The van der Waals surface area contributed by atoms with Gasteiger partial charge < -0.3 is 5.73 Å². The van der Waals surface area contributed by atoms with Gasteiger partial charge >= 0.3 is 0 Å². The van der Waals surface area contributed by atoms with E-state index in [4.69, 9.17) is 5.73 Å². The van der Waals surface area contributed by atoms with Gasteiger partial charge in [-0.1, -0.05) is 19.4 Å². The molecule has 0 bridgehead atoms. The minimum Gasteiger partial charge on any atom is -0.364 e. The number of carbonyl (C=O) groups excluding carboxylic acids is 1. The molecule has 0 saturated carbocycles. The molecular weight excluding hydrogens is 228 g/mol. The van der Waals surface area contributed by atoms with Crippen LogP contribution in [0.5, 0.6) is 0 Å². The predicted octanol–water partition coefficient (Wildman–Crippen LogP) is 0.633. The number of nitrogens with zero attached hydrogens (tertiary/aromatic N) is 1. The molecular formula is C10H14N2O3S. The molecule has 0 aliphatic carbocycles. The molecule has 0 aliphatic heterocycles. The smallest absolute Gasteiger partial charge is 0.267 e. The van der Waals surface area contributed by atoms with E-state index in [1.54, 1.807) is 12.1 Å². The number of amides is 1. The number of primary amides is 1. The van der Waals surface area contributed by atoms with E-state index in [0.29, 0.717) is 18.4 Å². The second-order valence-electron chi connectivity index (χ2n) is 3.40. The first-order valence-electron chi connectivity index (χ1n) is 4.96. The molecule has 1 atom stereocenters. The van der Waals surface area contributed by atoms with Crippen molar-refractivity contribution < 1.29 is 13.2 Å². The van der Waals surface area contributed by atoms with E-state index in [1.807, 2.05) is 6.92 Å². The Morgan fingerprint density at radius 3 is 2.75 bits per heavy atom. The first-order valence-corrected chi connectivity index (χ1v) is 6.20. The van der Waals surface area contributed by atoms with Crippen LogP contribution in [-0.4, -0.2) is 19.3 Å². The molecule has 1 aromatic rings. The summed E-state index contributed by atoms with van der Waals surface area (Å²) >= 11 is 0. The van der Waals surface area contributed by atoms with Gasteiger partial charge in [0.1, 0.15) is 16.4 Å². The zero-order chi connectivity index (χ0) is 12.1. The molecule has 6 heteroatoms. The first-order chi connectivity index (χ1) is 7.57. The first kappa shape index (κ1) is 12.6. The maximum atomic E-state index is 11.1. The number of hydrogen-bond acceptors (Lipinski definition) is 4. The van der Waals surface area contributed by atoms with Crippen molar-refractivity contribution in [1.82, 2.24) is 4.98 Å². The van der Waals surface area contributed by atoms with Gasteiger partial charge in [0.15, 0.2) is 0 Å². The highest BCUT2D eigenvalue weighted by molar-refractivity contribution is 7.72. The molecule has 0 saturated heterocycles. The van der Waals surface area contributed by atoms with Crippen LogP contribution in [0.1, 0.15) is 41.1 Å². The van der Waals surface area contributed by atoms with Crippen molar-refractivity contribution >= 4 is 16.6 Å². The van der Waals surface area contributed by atoms with E-state index in [1.165, 1.54) is 6.20 Å². The largest absolute Gasteiger partial charge is 0.364 e. The Hall–Kier alpha value is -1.43. The lowest BCUT2D eigenvalue weighted by molar-refractivity contribution is 0.0994. The van der Waals surface area contributed by atoms with Gasteiger partial charge in [-0.2, -0.15) is 0 Å². The Balaban J connectivity index is 3.23. The van der Waals surface area contributed by atoms with Gasteiger partial charge in [-0.25, -0.2) is 8.42 Å². The van der Waals surface area contributed by atoms with Crippen molar-refractivity contribution in [2.45, 2.75) is 25.0 Å². The maximum Gasteiger partial charge on any atom is 0.267 e. The Morgan fingerprint density at radius 1 is 1.56 bits per heavy atom. The average Bonchev–Trinajstić information content (AvgIpc) is 2.25. The predicted molar refractivity (Wildman–Crippen MR) is 60.7 cm³/mol. The SMILES string of the molecule is CCCC(c1cccnc1C(N)=O)[SH](=O)=O. The summed E-state index contributed by atoms with van der Waals surface area (Å²) in [5.74, 6) is -0.700. The molecule has 0 aromatic carbocycles. The lowest BCUT2D eigenvalue weighted by Gasteiger charge is -2.11. The van der Waals surface area contributed by atoms with Crippen LogP contribution in [0, 0.1) is 0 Å². The number of hydrogen-bond donors (Lipinski definition) is 2. The molecule has 0 aliphatic rings. The fraction of sp³-hybridized carbons (Fsp3) is 0.400. The monoisotopic (exact) mass is 242 g/mol. The zero-order valence-corrected chi connectivity index (χ0v) is 9.81.